The Kier molecular flexibility index (Phi) is 5.56. The Morgan fingerprint density at radius 3 is 2.67 bits per heavy atom. The summed E-state index contributed by atoms with van der Waals surface area (Å²) in [5, 5.41) is 3.42. The van der Waals surface area contributed by atoms with E-state index in [0.29, 0.717) is 27.9 Å². The highest BCUT2D eigenvalue weighted by Crippen LogP contribution is 2.36. The number of anilines is 2. The fraction of sp³-hybridized carbons (Fsp3) is 0.300. The summed E-state index contributed by atoms with van der Waals surface area (Å²) >= 11 is 6.01. The first kappa shape index (κ1) is 19.0. The highest BCUT2D eigenvalue weighted by atomic mass is 35.5. The van der Waals surface area contributed by atoms with Gasteiger partial charge < -0.3 is 19.7 Å². The number of carbonyl (C=O) groups excluding carboxylic acids is 2. The molecule has 0 aromatic heterocycles. The first-order valence-electron chi connectivity index (χ1n) is 8.52. The highest BCUT2D eigenvalue weighted by Gasteiger charge is 2.36. The Bertz CT molecular complexity index is 884. The summed E-state index contributed by atoms with van der Waals surface area (Å²) in [5.41, 5.74) is 2.18. The normalized spacial score (nSPS) is 16.4. The number of amides is 2. The predicted octanol–water partition coefficient (Wildman–Crippen LogP) is 3.66. The number of rotatable bonds is 5. The van der Waals surface area contributed by atoms with Crippen LogP contribution in [-0.2, 0) is 9.59 Å². The largest absolute Gasteiger partial charge is 0.497 e. The Labute approximate surface area is 163 Å². The molecule has 0 aliphatic carbocycles. The molecule has 1 aliphatic heterocycles. The first-order valence-corrected chi connectivity index (χ1v) is 8.90. The SMILES string of the molecule is COc1ccc(N2CC(C(=O)Nc3cc(Cl)ccc3C)CC2=O)c(OC)c1. The molecule has 1 atom stereocenters. The molecule has 6 nitrogen and oxygen atoms in total. The van der Waals surface area contributed by atoms with Crippen LogP contribution in [-0.4, -0.2) is 32.6 Å². The van der Waals surface area contributed by atoms with Crippen molar-refractivity contribution in [2.75, 3.05) is 31.0 Å². The van der Waals surface area contributed by atoms with E-state index in [1.54, 1.807) is 42.3 Å². The number of hydrogen-bond acceptors (Lipinski definition) is 4. The predicted molar refractivity (Wildman–Crippen MR) is 105 cm³/mol. The topological polar surface area (TPSA) is 67.9 Å². The van der Waals surface area contributed by atoms with E-state index in [9.17, 15) is 9.59 Å². The summed E-state index contributed by atoms with van der Waals surface area (Å²) in [6.45, 7) is 2.17. The zero-order valence-electron chi connectivity index (χ0n) is 15.4. The van der Waals surface area contributed by atoms with Gasteiger partial charge in [0.05, 0.1) is 25.8 Å². The van der Waals surface area contributed by atoms with Crippen molar-refractivity contribution in [2.45, 2.75) is 13.3 Å². The van der Waals surface area contributed by atoms with Crippen molar-refractivity contribution < 1.29 is 19.1 Å². The first-order chi connectivity index (χ1) is 12.9. The van der Waals surface area contributed by atoms with Gasteiger partial charge >= 0.3 is 0 Å². The molecule has 27 heavy (non-hydrogen) atoms. The van der Waals surface area contributed by atoms with Crippen LogP contribution < -0.4 is 19.7 Å². The van der Waals surface area contributed by atoms with Crippen LogP contribution >= 0.6 is 11.6 Å². The molecular formula is C20H21ClN2O4. The molecule has 7 heteroatoms. The molecule has 1 fully saturated rings. The van der Waals surface area contributed by atoms with Crippen molar-refractivity contribution in [3.05, 3.63) is 47.0 Å². The molecule has 0 bridgehead atoms. The average molecular weight is 389 g/mol. The van der Waals surface area contributed by atoms with Gasteiger partial charge in [-0.15, -0.1) is 0 Å². The molecule has 2 aromatic rings. The number of nitrogens with zero attached hydrogens (tertiary/aromatic N) is 1. The fourth-order valence-corrected chi connectivity index (χ4v) is 3.26. The van der Waals surface area contributed by atoms with Gasteiger partial charge in [0.1, 0.15) is 11.5 Å². The zero-order chi connectivity index (χ0) is 19.6. The molecule has 2 aromatic carbocycles. The van der Waals surface area contributed by atoms with Gasteiger partial charge in [0.25, 0.3) is 0 Å². The van der Waals surface area contributed by atoms with E-state index < -0.39 is 5.92 Å². The number of hydrogen-bond donors (Lipinski definition) is 1. The second kappa shape index (κ2) is 7.88. The maximum absolute atomic E-state index is 12.7. The molecule has 142 valence electrons. The van der Waals surface area contributed by atoms with Gasteiger partial charge in [0.2, 0.25) is 11.8 Å². The molecule has 0 spiro atoms. The molecule has 1 unspecified atom stereocenters. The minimum Gasteiger partial charge on any atom is -0.497 e. The lowest BCUT2D eigenvalue weighted by Gasteiger charge is -2.20. The lowest BCUT2D eigenvalue weighted by molar-refractivity contribution is -0.122. The quantitative estimate of drug-likeness (QED) is 0.848. The summed E-state index contributed by atoms with van der Waals surface area (Å²) in [7, 11) is 3.10. The third kappa shape index (κ3) is 4.01. The molecular weight excluding hydrogens is 368 g/mol. The van der Waals surface area contributed by atoms with E-state index in [4.69, 9.17) is 21.1 Å². The molecule has 2 amide bonds. The van der Waals surface area contributed by atoms with Crippen LogP contribution in [0.3, 0.4) is 0 Å². The van der Waals surface area contributed by atoms with E-state index in [-0.39, 0.29) is 24.8 Å². The van der Waals surface area contributed by atoms with Crippen LogP contribution in [0.1, 0.15) is 12.0 Å². The molecule has 0 radical (unpaired) electrons. The van der Waals surface area contributed by atoms with Gasteiger partial charge in [0.15, 0.2) is 0 Å². The van der Waals surface area contributed by atoms with Crippen molar-refractivity contribution >= 4 is 34.8 Å². The van der Waals surface area contributed by atoms with Gasteiger partial charge in [-0.25, -0.2) is 0 Å². The minimum absolute atomic E-state index is 0.124. The molecule has 1 N–H and O–H groups in total. The molecule has 1 heterocycles. The van der Waals surface area contributed by atoms with Crippen molar-refractivity contribution in [3.63, 3.8) is 0 Å². The summed E-state index contributed by atoms with van der Waals surface area (Å²) < 4.78 is 10.6. The van der Waals surface area contributed by atoms with Crippen LogP contribution in [0.5, 0.6) is 11.5 Å². The van der Waals surface area contributed by atoms with Crippen molar-refractivity contribution in [1.82, 2.24) is 0 Å². The highest BCUT2D eigenvalue weighted by molar-refractivity contribution is 6.31. The minimum atomic E-state index is -0.456. The van der Waals surface area contributed by atoms with E-state index in [2.05, 4.69) is 5.32 Å². The molecule has 3 rings (SSSR count). The smallest absolute Gasteiger partial charge is 0.229 e. The summed E-state index contributed by atoms with van der Waals surface area (Å²) in [5.74, 6) is 0.371. The van der Waals surface area contributed by atoms with Gasteiger partial charge in [-0.05, 0) is 36.8 Å². The maximum Gasteiger partial charge on any atom is 0.229 e. The second-order valence-electron chi connectivity index (χ2n) is 6.39. The van der Waals surface area contributed by atoms with Gasteiger partial charge in [-0.3, -0.25) is 9.59 Å². The average Bonchev–Trinajstić information content (AvgIpc) is 3.05. The summed E-state index contributed by atoms with van der Waals surface area (Å²) in [4.78, 5) is 26.8. The Morgan fingerprint density at radius 1 is 1.19 bits per heavy atom. The standard InChI is InChI=1S/C20H21ClN2O4/c1-12-4-5-14(21)9-16(12)22-20(25)13-8-19(24)23(11-13)17-7-6-15(26-2)10-18(17)27-3/h4-7,9-10,13H,8,11H2,1-3H3,(H,22,25). The third-order valence-corrected chi connectivity index (χ3v) is 4.87. The molecule has 1 saturated heterocycles. The lowest BCUT2D eigenvalue weighted by atomic mass is 10.1. The number of nitrogens with one attached hydrogen (secondary N) is 1. The fourth-order valence-electron chi connectivity index (χ4n) is 3.09. The number of halogens is 1. The van der Waals surface area contributed by atoms with Gasteiger partial charge in [-0.2, -0.15) is 0 Å². The van der Waals surface area contributed by atoms with Crippen LogP contribution in [0.4, 0.5) is 11.4 Å². The van der Waals surface area contributed by atoms with E-state index >= 15 is 0 Å². The van der Waals surface area contributed by atoms with E-state index in [1.807, 2.05) is 13.0 Å². The van der Waals surface area contributed by atoms with Gasteiger partial charge in [-0.1, -0.05) is 17.7 Å². The number of carbonyl (C=O) groups is 2. The van der Waals surface area contributed by atoms with Crippen LogP contribution in [0.2, 0.25) is 5.02 Å². The summed E-state index contributed by atoms with van der Waals surface area (Å²) in [6.07, 6.45) is 0.140. The molecule has 0 saturated carbocycles. The lowest BCUT2D eigenvalue weighted by Crippen LogP contribution is -2.28. The van der Waals surface area contributed by atoms with Crippen molar-refractivity contribution in [2.24, 2.45) is 5.92 Å². The van der Waals surface area contributed by atoms with Crippen LogP contribution in [0, 0.1) is 12.8 Å². The van der Waals surface area contributed by atoms with Crippen LogP contribution in [0.25, 0.3) is 0 Å². The van der Waals surface area contributed by atoms with Crippen molar-refractivity contribution in [3.8, 4) is 11.5 Å². The number of ether oxygens (including phenoxy) is 2. The maximum atomic E-state index is 12.7. The summed E-state index contributed by atoms with van der Waals surface area (Å²) in [6, 6.07) is 10.5. The van der Waals surface area contributed by atoms with E-state index in [0.717, 1.165) is 5.56 Å². The van der Waals surface area contributed by atoms with E-state index in [1.165, 1.54) is 7.11 Å². The monoisotopic (exact) mass is 388 g/mol. The second-order valence-corrected chi connectivity index (χ2v) is 6.83. The number of aryl methyl sites for hydroxylation is 1. The zero-order valence-corrected chi connectivity index (χ0v) is 16.2. The van der Waals surface area contributed by atoms with Crippen LogP contribution in [0.15, 0.2) is 36.4 Å². The molecule has 1 aliphatic rings. The Hall–Kier alpha value is -2.73. The number of methoxy groups -OCH3 is 2. The van der Waals surface area contributed by atoms with Gasteiger partial charge in [0, 0.05) is 29.7 Å². The Balaban J connectivity index is 1.77. The van der Waals surface area contributed by atoms with Crippen molar-refractivity contribution in [1.29, 1.82) is 0 Å². The number of benzene rings is 2. The Morgan fingerprint density at radius 2 is 1.96 bits per heavy atom. The third-order valence-electron chi connectivity index (χ3n) is 4.63.